The molecule has 0 bridgehead atoms. The predicted molar refractivity (Wildman–Crippen MR) is 69.3 cm³/mol. The van der Waals surface area contributed by atoms with Crippen LogP contribution >= 0.6 is 0 Å². The van der Waals surface area contributed by atoms with E-state index in [9.17, 15) is 4.39 Å². The number of halogens is 1. The molecule has 0 amide bonds. The number of benzene rings is 2. The first-order valence-electron chi connectivity index (χ1n) is 5.50. The van der Waals surface area contributed by atoms with Gasteiger partial charge >= 0.3 is 0 Å². The number of nitrogens with two attached hydrogens (primary N) is 1. The minimum absolute atomic E-state index is 0.203. The summed E-state index contributed by atoms with van der Waals surface area (Å²) in [6, 6.07) is 12.5. The fourth-order valence-electron chi connectivity index (χ4n) is 1.68. The van der Waals surface area contributed by atoms with E-state index in [2.05, 4.69) is 5.32 Å². The predicted octanol–water partition coefficient (Wildman–Crippen LogP) is 3.33. The second-order valence-electron chi connectivity index (χ2n) is 4.04. The molecule has 0 aromatic heterocycles. The van der Waals surface area contributed by atoms with E-state index in [1.165, 1.54) is 6.07 Å². The molecule has 0 saturated carbocycles. The highest BCUT2D eigenvalue weighted by molar-refractivity contribution is 5.66. The third-order valence-corrected chi connectivity index (χ3v) is 2.63. The van der Waals surface area contributed by atoms with Gasteiger partial charge in [-0.15, -0.1) is 0 Å². The highest BCUT2D eigenvalue weighted by Gasteiger charge is 2.02. The number of nitrogen functional groups attached to an aromatic ring is 1. The van der Waals surface area contributed by atoms with Gasteiger partial charge < -0.3 is 11.1 Å². The van der Waals surface area contributed by atoms with E-state index in [0.717, 1.165) is 11.3 Å². The summed E-state index contributed by atoms with van der Waals surface area (Å²) in [7, 11) is 0. The smallest absolute Gasteiger partial charge is 0.128 e. The number of rotatable bonds is 3. The van der Waals surface area contributed by atoms with Gasteiger partial charge in [0.25, 0.3) is 0 Å². The fraction of sp³-hybridized carbons (Fsp3) is 0.143. The molecule has 0 saturated heterocycles. The average Bonchev–Trinajstić information content (AvgIpc) is 2.30. The first-order chi connectivity index (χ1) is 8.16. The fourth-order valence-corrected chi connectivity index (χ4v) is 1.68. The van der Waals surface area contributed by atoms with Crippen LogP contribution in [-0.4, -0.2) is 0 Å². The summed E-state index contributed by atoms with van der Waals surface area (Å²) in [6.45, 7) is 2.41. The highest BCUT2D eigenvalue weighted by Crippen LogP contribution is 2.20. The van der Waals surface area contributed by atoms with Crippen molar-refractivity contribution >= 4 is 11.4 Å². The maximum absolute atomic E-state index is 13.4. The normalized spacial score (nSPS) is 10.2. The molecule has 0 spiro atoms. The number of nitrogens with one attached hydrogen (secondary N) is 1. The van der Waals surface area contributed by atoms with E-state index in [1.54, 1.807) is 12.1 Å². The van der Waals surface area contributed by atoms with Crippen molar-refractivity contribution < 1.29 is 4.39 Å². The van der Waals surface area contributed by atoms with Crippen molar-refractivity contribution in [2.24, 2.45) is 0 Å². The van der Waals surface area contributed by atoms with E-state index >= 15 is 0 Å². The molecule has 2 rings (SSSR count). The zero-order chi connectivity index (χ0) is 12.3. The topological polar surface area (TPSA) is 38.0 Å². The van der Waals surface area contributed by atoms with Crippen molar-refractivity contribution in [3.05, 3.63) is 59.4 Å². The largest absolute Gasteiger partial charge is 0.397 e. The standard InChI is InChI=1S/C14H15FN2/c1-10-6-7-14(13(16)8-10)17-9-11-4-2-3-5-12(11)15/h2-8,17H,9,16H2,1H3. The number of aryl methyl sites for hydroxylation is 1. The van der Waals surface area contributed by atoms with Crippen molar-refractivity contribution in [3.63, 3.8) is 0 Å². The Morgan fingerprint density at radius 2 is 1.94 bits per heavy atom. The molecule has 3 heteroatoms. The lowest BCUT2D eigenvalue weighted by Crippen LogP contribution is -2.04. The van der Waals surface area contributed by atoms with E-state index in [1.807, 2.05) is 31.2 Å². The Labute approximate surface area is 100 Å². The van der Waals surface area contributed by atoms with Gasteiger partial charge in [-0.25, -0.2) is 4.39 Å². The Morgan fingerprint density at radius 1 is 1.18 bits per heavy atom. The lowest BCUT2D eigenvalue weighted by atomic mass is 10.1. The minimum Gasteiger partial charge on any atom is -0.397 e. The quantitative estimate of drug-likeness (QED) is 0.794. The summed E-state index contributed by atoms with van der Waals surface area (Å²) in [5.74, 6) is -0.203. The molecule has 3 N–H and O–H groups in total. The summed E-state index contributed by atoms with van der Waals surface area (Å²) in [4.78, 5) is 0. The van der Waals surface area contributed by atoms with Crippen LogP contribution in [0.25, 0.3) is 0 Å². The molecule has 2 nitrogen and oxygen atoms in total. The third kappa shape index (κ3) is 2.75. The first kappa shape index (κ1) is 11.5. The van der Waals surface area contributed by atoms with Crippen LogP contribution < -0.4 is 11.1 Å². The molecule has 0 radical (unpaired) electrons. The number of anilines is 2. The minimum atomic E-state index is -0.203. The Kier molecular flexibility index (Phi) is 3.28. The monoisotopic (exact) mass is 230 g/mol. The van der Waals surface area contributed by atoms with Crippen LogP contribution in [0.3, 0.4) is 0 Å². The highest BCUT2D eigenvalue weighted by atomic mass is 19.1. The molecule has 0 heterocycles. The van der Waals surface area contributed by atoms with Gasteiger partial charge in [0, 0.05) is 12.1 Å². The van der Waals surface area contributed by atoms with Crippen molar-refractivity contribution in [2.45, 2.75) is 13.5 Å². The van der Waals surface area contributed by atoms with Gasteiger partial charge in [-0.1, -0.05) is 24.3 Å². The van der Waals surface area contributed by atoms with Gasteiger partial charge in [0.2, 0.25) is 0 Å². The molecule has 2 aromatic rings. The van der Waals surface area contributed by atoms with Crippen molar-refractivity contribution in [1.82, 2.24) is 0 Å². The lowest BCUT2D eigenvalue weighted by molar-refractivity contribution is 0.613. The van der Waals surface area contributed by atoms with Crippen molar-refractivity contribution in [3.8, 4) is 0 Å². The van der Waals surface area contributed by atoms with Crippen LogP contribution in [0.2, 0.25) is 0 Å². The van der Waals surface area contributed by atoms with Gasteiger partial charge in [-0.2, -0.15) is 0 Å². The molecular weight excluding hydrogens is 215 g/mol. The SMILES string of the molecule is Cc1ccc(NCc2ccccc2F)c(N)c1. The summed E-state index contributed by atoms with van der Waals surface area (Å²) < 4.78 is 13.4. The maximum Gasteiger partial charge on any atom is 0.128 e. The molecule has 0 aliphatic rings. The number of hydrogen-bond acceptors (Lipinski definition) is 2. The second kappa shape index (κ2) is 4.87. The van der Waals surface area contributed by atoms with E-state index in [4.69, 9.17) is 5.73 Å². The molecular formula is C14H15FN2. The molecule has 17 heavy (non-hydrogen) atoms. The van der Waals surface area contributed by atoms with Gasteiger partial charge in [0.1, 0.15) is 5.82 Å². The summed E-state index contributed by atoms with van der Waals surface area (Å²) in [6.07, 6.45) is 0. The molecule has 0 aliphatic heterocycles. The maximum atomic E-state index is 13.4. The van der Waals surface area contributed by atoms with Crippen molar-refractivity contribution in [2.75, 3.05) is 11.1 Å². The van der Waals surface area contributed by atoms with Gasteiger partial charge in [0.15, 0.2) is 0 Å². The summed E-state index contributed by atoms with van der Waals surface area (Å²) in [5.41, 5.74) is 9.12. The molecule has 0 fully saturated rings. The molecule has 88 valence electrons. The third-order valence-electron chi connectivity index (χ3n) is 2.63. The Morgan fingerprint density at radius 3 is 2.65 bits per heavy atom. The Balaban J connectivity index is 2.10. The lowest BCUT2D eigenvalue weighted by Gasteiger charge is -2.10. The van der Waals surface area contributed by atoms with Gasteiger partial charge in [-0.3, -0.25) is 0 Å². The molecule has 0 atom stereocenters. The van der Waals surface area contributed by atoms with Crippen LogP contribution in [0.4, 0.5) is 15.8 Å². The Bertz CT molecular complexity index is 523. The summed E-state index contributed by atoms with van der Waals surface area (Å²) >= 11 is 0. The molecule has 0 aliphatic carbocycles. The summed E-state index contributed by atoms with van der Waals surface area (Å²) in [5, 5.41) is 3.13. The molecule has 2 aromatic carbocycles. The van der Waals surface area contributed by atoms with E-state index < -0.39 is 0 Å². The van der Waals surface area contributed by atoms with Crippen LogP contribution in [0.5, 0.6) is 0 Å². The second-order valence-corrected chi connectivity index (χ2v) is 4.04. The van der Waals surface area contributed by atoms with Crippen LogP contribution in [0.15, 0.2) is 42.5 Å². The van der Waals surface area contributed by atoms with Crippen LogP contribution in [-0.2, 0) is 6.54 Å². The first-order valence-corrected chi connectivity index (χ1v) is 5.50. The van der Waals surface area contributed by atoms with Crippen molar-refractivity contribution in [1.29, 1.82) is 0 Å². The van der Waals surface area contributed by atoms with Gasteiger partial charge in [-0.05, 0) is 30.7 Å². The number of hydrogen-bond donors (Lipinski definition) is 2. The van der Waals surface area contributed by atoms with E-state index in [0.29, 0.717) is 17.8 Å². The zero-order valence-corrected chi connectivity index (χ0v) is 9.70. The van der Waals surface area contributed by atoms with E-state index in [-0.39, 0.29) is 5.82 Å². The average molecular weight is 230 g/mol. The van der Waals surface area contributed by atoms with Gasteiger partial charge in [0.05, 0.1) is 11.4 Å². The Hall–Kier alpha value is -2.03. The van der Waals surface area contributed by atoms with Crippen LogP contribution in [0, 0.1) is 12.7 Å². The zero-order valence-electron chi connectivity index (χ0n) is 9.70. The van der Waals surface area contributed by atoms with Crippen LogP contribution in [0.1, 0.15) is 11.1 Å². The molecule has 0 unspecified atom stereocenters.